The molecule has 0 radical (unpaired) electrons. The maximum atomic E-state index is 13.8. The summed E-state index contributed by atoms with van der Waals surface area (Å²) in [5, 5.41) is 5.46. The summed E-state index contributed by atoms with van der Waals surface area (Å²) in [7, 11) is 0. The highest BCUT2D eigenvalue weighted by atomic mass is 32.1. The Kier molecular flexibility index (Phi) is 6.09. The van der Waals surface area contributed by atoms with Gasteiger partial charge in [-0.05, 0) is 36.5 Å². The van der Waals surface area contributed by atoms with Crippen LogP contribution in [0.15, 0.2) is 48.1 Å². The molecule has 0 bridgehead atoms. The highest BCUT2D eigenvalue weighted by Gasteiger charge is 2.22. The molecular formula is C21H22FN5OS. The summed E-state index contributed by atoms with van der Waals surface area (Å²) >= 11 is 1.38. The van der Waals surface area contributed by atoms with E-state index in [1.165, 1.54) is 17.4 Å². The van der Waals surface area contributed by atoms with Gasteiger partial charge < -0.3 is 10.2 Å². The molecule has 3 aromatic rings. The molecule has 150 valence electrons. The van der Waals surface area contributed by atoms with Gasteiger partial charge in [-0.15, -0.1) is 11.3 Å². The van der Waals surface area contributed by atoms with Gasteiger partial charge in [0, 0.05) is 43.8 Å². The zero-order chi connectivity index (χ0) is 20.1. The second kappa shape index (κ2) is 9.09. The number of nitrogens with zero attached hydrogens (tertiary/aromatic N) is 4. The lowest BCUT2D eigenvalue weighted by atomic mass is 9.97. The van der Waals surface area contributed by atoms with Gasteiger partial charge in [0.1, 0.15) is 11.5 Å². The lowest BCUT2D eigenvalue weighted by molar-refractivity contribution is 0.0940. The van der Waals surface area contributed by atoms with E-state index >= 15 is 0 Å². The van der Waals surface area contributed by atoms with Gasteiger partial charge in [-0.2, -0.15) is 0 Å². The molecule has 1 saturated heterocycles. The summed E-state index contributed by atoms with van der Waals surface area (Å²) in [5.74, 6) is 0.770. The molecule has 6 nitrogen and oxygen atoms in total. The van der Waals surface area contributed by atoms with Crippen LogP contribution in [0.4, 0.5) is 10.3 Å². The minimum atomic E-state index is -0.249. The fourth-order valence-electron chi connectivity index (χ4n) is 3.42. The molecule has 1 N–H and O–H groups in total. The lowest BCUT2D eigenvalue weighted by Crippen LogP contribution is -2.39. The summed E-state index contributed by atoms with van der Waals surface area (Å²) in [4.78, 5) is 27.6. The third kappa shape index (κ3) is 4.95. The lowest BCUT2D eigenvalue weighted by Gasteiger charge is -2.31. The Balaban J connectivity index is 1.25. The van der Waals surface area contributed by atoms with Crippen molar-refractivity contribution in [2.75, 3.05) is 24.5 Å². The van der Waals surface area contributed by atoms with E-state index in [9.17, 15) is 9.18 Å². The van der Waals surface area contributed by atoms with Crippen molar-refractivity contribution >= 4 is 23.2 Å². The van der Waals surface area contributed by atoms with Crippen LogP contribution in [-0.2, 0) is 6.42 Å². The smallest absolute Gasteiger partial charge is 0.270 e. The first-order valence-electron chi connectivity index (χ1n) is 9.67. The van der Waals surface area contributed by atoms with Crippen molar-refractivity contribution in [3.8, 4) is 0 Å². The topological polar surface area (TPSA) is 71.0 Å². The molecule has 1 aliphatic heterocycles. The minimum absolute atomic E-state index is 0.171. The quantitative estimate of drug-likeness (QED) is 0.674. The third-order valence-corrected chi connectivity index (χ3v) is 5.93. The number of nitrogens with one attached hydrogen (secondary N) is 1. The zero-order valence-corrected chi connectivity index (χ0v) is 16.7. The van der Waals surface area contributed by atoms with Crippen molar-refractivity contribution in [2.45, 2.75) is 19.3 Å². The summed E-state index contributed by atoms with van der Waals surface area (Å²) in [5.41, 5.74) is 0.986. The molecule has 0 spiro atoms. The second-order valence-corrected chi connectivity index (χ2v) is 8.03. The molecule has 8 heteroatoms. The van der Waals surface area contributed by atoms with E-state index in [-0.39, 0.29) is 11.7 Å². The standard InChI is InChI=1S/C21H22FN5OS/c22-17-5-2-1-4-16(17)12-19-26-18(14-29-19)20(28)25-13-15-6-10-27(11-7-15)21-23-8-3-9-24-21/h1-5,8-9,14-15H,6-7,10-13H2,(H,25,28). The van der Waals surface area contributed by atoms with Crippen LogP contribution in [0.5, 0.6) is 0 Å². The van der Waals surface area contributed by atoms with Crippen LogP contribution in [0.3, 0.4) is 0 Å². The number of hydrogen-bond donors (Lipinski definition) is 1. The molecule has 0 saturated carbocycles. The van der Waals surface area contributed by atoms with Crippen LogP contribution in [-0.4, -0.2) is 40.5 Å². The van der Waals surface area contributed by atoms with Gasteiger partial charge in [-0.1, -0.05) is 18.2 Å². The molecule has 0 atom stereocenters. The van der Waals surface area contributed by atoms with E-state index in [1.807, 2.05) is 6.07 Å². The van der Waals surface area contributed by atoms with E-state index < -0.39 is 0 Å². The SMILES string of the molecule is O=C(NCC1CCN(c2ncccn2)CC1)c1csc(Cc2ccccc2F)n1. The Bertz CT molecular complexity index is 956. The highest BCUT2D eigenvalue weighted by Crippen LogP contribution is 2.20. The average Bonchev–Trinajstić information content (AvgIpc) is 3.23. The molecule has 3 heterocycles. The number of halogens is 1. The number of rotatable bonds is 6. The van der Waals surface area contributed by atoms with Crippen LogP contribution in [0.2, 0.25) is 0 Å². The normalized spacial score (nSPS) is 14.7. The van der Waals surface area contributed by atoms with Crippen LogP contribution >= 0.6 is 11.3 Å². The van der Waals surface area contributed by atoms with E-state index in [1.54, 1.807) is 36.0 Å². The van der Waals surface area contributed by atoms with E-state index in [0.717, 1.165) is 36.9 Å². The van der Waals surface area contributed by atoms with Gasteiger partial charge in [-0.25, -0.2) is 19.3 Å². The van der Waals surface area contributed by atoms with Crippen molar-refractivity contribution < 1.29 is 9.18 Å². The number of aromatic nitrogens is 3. The fourth-order valence-corrected chi connectivity index (χ4v) is 4.22. The number of benzene rings is 1. The maximum Gasteiger partial charge on any atom is 0.270 e. The van der Waals surface area contributed by atoms with Crippen molar-refractivity contribution in [2.24, 2.45) is 5.92 Å². The molecule has 0 unspecified atom stereocenters. The molecule has 4 rings (SSSR count). The van der Waals surface area contributed by atoms with Crippen LogP contribution in [0.25, 0.3) is 0 Å². The molecule has 0 aliphatic carbocycles. The number of hydrogen-bond acceptors (Lipinski definition) is 6. The molecule has 1 aliphatic rings. The Morgan fingerprint density at radius 1 is 1.17 bits per heavy atom. The first kappa shape index (κ1) is 19.4. The second-order valence-electron chi connectivity index (χ2n) is 7.08. The molecule has 29 heavy (non-hydrogen) atoms. The van der Waals surface area contributed by atoms with Gasteiger partial charge in [0.2, 0.25) is 5.95 Å². The molecule has 2 aromatic heterocycles. The first-order valence-corrected chi connectivity index (χ1v) is 10.5. The molecular weight excluding hydrogens is 389 g/mol. The molecule has 1 fully saturated rings. The van der Waals surface area contributed by atoms with Gasteiger partial charge in [-0.3, -0.25) is 4.79 Å². The Hall–Kier alpha value is -2.87. The average molecular weight is 412 g/mol. The third-order valence-electron chi connectivity index (χ3n) is 5.08. The van der Waals surface area contributed by atoms with Gasteiger partial charge in [0.05, 0.1) is 5.01 Å². The zero-order valence-electron chi connectivity index (χ0n) is 15.9. The fraction of sp³-hybridized carbons (Fsp3) is 0.333. The largest absolute Gasteiger partial charge is 0.350 e. The number of thiazole rings is 1. The van der Waals surface area contributed by atoms with Crippen LogP contribution in [0, 0.1) is 11.7 Å². The van der Waals surface area contributed by atoms with Gasteiger partial charge in [0.15, 0.2) is 0 Å². The highest BCUT2D eigenvalue weighted by molar-refractivity contribution is 7.09. The monoisotopic (exact) mass is 411 g/mol. The number of carbonyl (C=O) groups excluding carboxylic acids is 1. The Morgan fingerprint density at radius 2 is 1.93 bits per heavy atom. The van der Waals surface area contributed by atoms with E-state index in [2.05, 4.69) is 25.2 Å². The number of amides is 1. The first-order chi connectivity index (χ1) is 14.2. The maximum absolute atomic E-state index is 13.8. The minimum Gasteiger partial charge on any atom is -0.350 e. The molecule has 1 amide bonds. The van der Waals surface area contributed by atoms with Crippen LogP contribution in [0.1, 0.15) is 33.9 Å². The summed E-state index contributed by atoms with van der Waals surface area (Å²) in [6.07, 6.45) is 5.86. The Labute approximate surface area is 172 Å². The number of carbonyl (C=O) groups is 1. The molecule has 1 aromatic carbocycles. The summed E-state index contributed by atoms with van der Waals surface area (Å²) < 4.78 is 13.8. The van der Waals surface area contributed by atoms with Gasteiger partial charge in [0.25, 0.3) is 5.91 Å². The van der Waals surface area contributed by atoms with E-state index in [4.69, 9.17) is 0 Å². The Morgan fingerprint density at radius 3 is 2.69 bits per heavy atom. The number of anilines is 1. The van der Waals surface area contributed by atoms with Crippen LogP contribution < -0.4 is 10.2 Å². The van der Waals surface area contributed by atoms with Crippen molar-refractivity contribution in [1.29, 1.82) is 0 Å². The van der Waals surface area contributed by atoms with Crippen molar-refractivity contribution in [3.05, 3.63) is 70.2 Å². The predicted octanol–water partition coefficient (Wildman–Crippen LogP) is 3.31. The summed E-state index contributed by atoms with van der Waals surface area (Å²) in [6.45, 7) is 2.39. The predicted molar refractivity (Wildman–Crippen MR) is 111 cm³/mol. The van der Waals surface area contributed by atoms with Crippen molar-refractivity contribution in [3.63, 3.8) is 0 Å². The van der Waals surface area contributed by atoms with Crippen molar-refractivity contribution in [1.82, 2.24) is 20.3 Å². The van der Waals surface area contributed by atoms with Gasteiger partial charge >= 0.3 is 0 Å². The van der Waals surface area contributed by atoms with E-state index in [0.29, 0.717) is 30.1 Å². The summed E-state index contributed by atoms with van der Waals surface area (Å²) in [6, 6.07) is 8.45. The number of piperidine rings is 1.